The first kappa shape index (κ1) is 31.9. The molecule has 47 heavy (non-hydrogen) atoms. The molecule has 1 fully saturated rings. The number of aromatic nitrogens is 3. The van der Waals surface area contributed by atoms with Gasteiger partial charge in [0.2, 0.25) is 5.91 Å². The number of anilines is 1. The third-order valence-corrected chi connectivity index (χ3v) is 8.79. The highest BCUT2D eigenvalue weighted by Crippen LogP contribution is 2.44. The summed E-state index contributed by atoms with van der Waals surface area (Å²) in [5.41, 5.74) is 5.89. The van der Waals surface area contributed by atoms with Crippen LogP contribution in [-0.2, 0) is 15.1 Å². The van der Waals surface area contributed by atoms with E-state index in [0.717, 1.165) is 70.3 Å². The molecule has 0 saturated heterocycles. The van der Waals surface area contributed by atoms with Gasteiger partial charge in [0, 0.05) is 28.9 Å². The van der Waals surface area contributed by atoms with E-state index in [4.69, 9.17) is 14.7 Å². The van der Waals surface area contributed by atoms with E-state index in [9.17, 15) is 9.59 Å². The van der Waals surface area contributed by atoms with Gasteiger partial charge in [-0.2, -0.15) is 0 Å². The second-order valence-corrected chi connectivity index (χ2v) is 13.7. The fourth-order valence-electron chi connectivity index (χ4n) is 6.12. The minimum atomic E-state index is -0.579. The van der Waals surface area contributed by atoms with Gasteiger partial charge in [0.05, 0.1) is 34.2 Å². The predicted molar refractivity (Wildman–Crippen MR) is 186 cm³/mol. The van der Waals surface area contributed by atoms with Crippen LogP contribution in [0.25, 0.3) is 28.2 Å². The minimum absolute atomic E-state index is 0.0354. The first-order valence-corrected chi connectivity index (χ1v) is 16.2. The summed E-state index contributed by atoms with van der Waals surface area (Å²) in [6, 6.07) is 20.1. The molecule has 242 valence electrons. The molecule has 1 saturated carbocycles. The number of fused-ring (bicyclic) bond motifs is 3. The lowest BCUT2D eigenvalue weighted by Gasteiger charge is -2.43. The normalized spacial score (nSPS) is 16.6. The number of hydrogen-bond acceptors (Lipinski definition) is 6. The smallest absolute Gasteiger partial charge is 0.408 e. The Labute approximate surface area is 276 Å². The van der Waals surface area contributed by atoms with Gasteiger partial charge in [-0.1, -0.05) is 56.8 Å². The van der Waals surface area contributed by atoms with Crippen molar-refractivity contribution in [2.75, 3.05) is 5.32 Å². The summed E-state index contributed by atoms with van der Waals surface area (Å²) >= 11 is 0. The highest BCUT2D eigenvalue weighted by Gasteiger charge is 2.41. The standard InChI is InChI=1S/C38H42N6O3/c1-8-29-24(4)34-42-31(25-14-18-28(19-15-25)40-35(45)23(2)3)32(44(34)30-11-9-22-39-33(30)41-29)26-12-16-27(17-13-26)38(20-10-21-38)43-36(46)47-37(5,6)7/h8-9,11-19,22-24H,1,10,20-21H2,2-7H3,(H,40,45)(H,43,46). The van der Waals surface area contributed by atoms with Crippen molar-refractivity contribution in [2.24, 2.45) is 10.9 Å². The molecule has 2 aromatic carbocycles. The molecule has 0 spiro atoms. The highest BCUT2D eigenvalue weighted by molar-refractivity contribution is 6.02. The van der Waals surface area contributed by atoms with Crippen LogP contribution in [0.1, 0.15) is 78.1 Å². The number of ether oxygens (including phenoxy) is 1. The Kier molecular flexibility index (Phi) is 8.34. The quantitative estimate of drug-likeness (QED) is 0.213. The molecule has 2 aliphatic rings. The van der Waals surface area contributed by atoms with Gasteiger partial charge in [0.15, 0.2) is 5.82 Å². The number of nitrogens with one attached hydrogen (secondary N) is 2. The Morgan fingerprint density at radius 3 is 2.32 bits per heavy atom. The Bertz CT molecular complexity index is 1860. The average Bonchev–Trinajstić information content (AvgIpc) is 3.36. The molecule has 1 atom stereocenters. The van der Waals surface area contributed by atoms with Crippen molar-refractivity contribution in [2.45, 2.75) is 77.9 Å². The maximum absolute atomic E-state index is 12.8. The van der Waals surface area contributed by atoms with E-state index in [-0.39, 0.29) is 17.7 Å². The maximum Gasteiger partial charge on any atom is 0.408 e. The van der Waals surface area contributed by atoms with Gasteiger partial charge in [-0.3, -0.25) is 9.36 Å². The molecule has 1 aliphatic carbocycles. The van der Waals surface area contributed by atoms with Gasteiger partial charge < -0.3 is 15.4 Å². The topological polar surface area (TPSA) is 111 Å². The minimum Gasteiger partial charge on any atom is -0.444 e. The van der Waals surface area contributed by atoms with Gasteiger partial charge in [0.25, 0.3) is 0 Å². The summed E-state index contributed by atoms with van der Waals surface area (Å²) < 4.78 is 7.76. The number of hydrogen-bond donors (Lipinski definition) is 2. The van der Waals surface area contributed by atoms with E-state index in [1.807, 2.05) is 71.0 Å². The zero-order valence-corrected chi connectivity index (χ0v) is 27.9. The molecule has 2 amide bonds. The number of benzene rings is 2. The van der Waals surface area contributed by atoms with Crippen LogP contribution >= 0.6 is 0 Å². The van der Waals surface area contributed by atoms with Gasteiger partial charge in [-0.25, -0.2) is 19.8 Å². The van der Waals surface area contributed by atoms with Gasteiger partial charge in [-0.05, 0) is 82.9 Å². The van der Waals surface area contributed by atoms with Crippen molar-refractivity contribution in [1.29, 1.82) is 0 Å². The van der Waals surface area contributed by atoms with E-state index in [2.05, 4.69) is 58.0 Å². The molecular formula is C38H42N6O3. The molecule has 9 heteroatoms. The molecular weight excluding hydrogens is 588 g/mol. The molecule has 0 radical (unpaired) electrons. The summed E-state index contributed by atoms with van der Waals surface area (Å²) in [6.07, 6.45) is 5.81. The molecule has 1 aliphatic heterocycles. The summed E-state index contributed by atoms with van der Waals surface area (Å²) in [5, 5.41) is 6.14. The maximum atomic E-state index is 12.8. The molecule has 6 rings (SSSR count). The molecule has 3 heterocycles. The van der Waals surface area contributed by atoms with Gasteiger partial charge in [0.1, 0.15) is 11.4 Å². The van der Waals surface area contributed by atoms with Crippen LogP contribution in [0, 0.1) is 5.92 Å². The van der Waals surface area contributed by atoms with E-state index >= 15 is 0 Å². The number of amides is 2. The summed E-state index contributed by atoms with van der Waals surface area (Å²) in [6.45, 7) is 15.5. The Morgan fingerprint density at radius 2 is 1.72 bits per heavy atom. The predicted octanol–water partition coefficient (Wildman–Crippen LogP) is 8.48. The summed E-state index contributed by atoms with van der Waals surface area (Å²) in [5.74, 6) is 1.10. The highest BCUT2D eigenvalue weighted by atomic mass is 16.6. The van der Waals surface area contributed by atoms with Crippen molar-refractivity contribution in [3.63, 3.8) is 0 Å². The molecule has 4 aromatic rings. The summed E-state index contributed by atoms with van der Waals surface area (Å²) in [4.78, 5) is 39.9. The Morgan fingerprint density at radius 1 is 1.04 bits per heavy atom. The van der Waals surface area contributed by atoms with Crippen LogP contribution in [0.4, 0.5) is 16.3 Å². The number of rotatable bonds is 7. The van der Waals surface area contributed by atoms with Crippen molar-refractivity contribution in [1.82, 2.24) is 19.9 Å². The zero-order chi connectivity index (χ0) is 33.5. The van der Waals surface area contributed by atoms with E-state index in [0.29, 0.717) is 5.82 Å². The van der Waals surface area contributed by atoms with Gasteiger partial charge in [-0.15, -0.1) is 0 Å². The monoisotopic (exact) mass is 630 g/mol. The van der Waals surface area contributed by atoms with Crippen LogP contribution in [0.3, 0.4) is 0 Å². The number of alkyl carbamates (subject to hydrolysis) is 1. The molecule has 9 nitrogen and oxygen atoms in total. The van der Waals surface area contributed by atoms with Crippen molar-refractivity contribution in [3.05, 3.63) is 90.9 Å². The number of aliphatic imine (C=N–C) groups is 1. The lowest BCUT2D eigenvalue weighted by atomic mass is 9.71. The molecule has 1 unspecified atom stereocenters. The molecule has 2 N–H and O–H groups in total. The Balaban J connectivity index is 1.47. The largest absolute Gasteiger partial charge is 0.444 e. The second-order valence-electron chi connectivity index (χ2n) is 13.7. The van der Waals surface area contributed by atoms with E-state index in [1.54, 1.807) is 12.3 Å². The zero-order valence-electron chi connectivity index (χ0n) is 27.9. The number of pyridine rings is 1. The first-order valence-electron chi connectivity index (χ1n) is 16.2. The molecule has 0 bridgehead atoms. The van der Waals surface area contributed by atoms with Crippen LogP contribution in [-0.4, -0.2) is 37.8 Å². The van der Waals surface area contributed by atoms with Crippen LogP contribution in [0.2, 0.25) is 0 Å². The van der Waals surface area contributed by atoms with Gasteiger partial charge >= 0.3 is 6.09 Å². The van der Waals surface area contributed by atoms with E-state index < -0.39 is 17.2 Å². The fourth-order valence-corrected chi connectivity index (χ4v) is 6.12. The van der Waals surface area contributed by atoms with Crippen molar-refractivity contribution >= 4 is 29.2 Å². The number of imidazole rings is 1. The number of carbonyl (C=O) groups is 2. The van der Waals surface area contributed by atoms with Crippen LogP contribution < -0.4 is 10.6 Å². The summed E-state index contributed by atoms with van der Waals surface area (Å²) in [7, 11) is 0. The average molecular weight is 631 g/mol. The Hall–Kier alpha value is -5.05. The van der Waals surface area contributed by atoms with Crippen molar-refractivity contribution in [3.8, 4) is 28.2 Å². The van der Waals surface area contributed by atoms with Crippen molar-refractivity contribution < 1.29 is 14.3 Å². The SMILES string of the molecule is C=CC1=Nc2ncccc2-n2c(nc(-c3ccc(NC(=O)C(C)C)cc3)c2-c2ccc(C3(NC(=O)OC(C)(C)C)CCC3)cc2)C1C. The lowest BCUT2D eigenvalue weighted by Crippen LogP contribution is -2.52. The van der Waals surface area contributed by atoms with E-state index in [1.165, 1.54) is 0 Å². The third kappa shape index (κ3) is 6.22. The van der Waals surface area contributed by atoms with Crippen LogP contribution in [0.5, 0.6) is 0 Å². The fraction of sp³-hybridized carbons (Fsp3) is 0.342. The number of carbonyl (C=O) groups excluding carboxylic acids is 2. The second kappa shape index (κ2) is 12.3. The number of allylic oxidation sites excluding steroid dienone is 1. The lowest BCUT2D eigenvalue weighted by molar-refractivity contribution is -0.118. The number of nitrogens with zero attached hydrogens (tertiary/aromatic N) is 4. The van der Waals surface area contributed by atoms with Crippen LogP contribution in [0.15, 0.2) is 84.5 Å². The first-order chi connectivity index (χ1) is 22.4. The third-order valence-electron chi connectivity index (χ3n) is 8.79. The molecule has 2 aromatic heterocycles.